The van der Waals surface area contributed by atoms with Gasteiger partial charge in [0, 0.05) is 26.2 Å². The molecular weight excluding hydrogens is 468 g/mol. The Bertz CT molecular complexity index is 578. The molecule has 0 saturated heterocycles. The lowest BCUT2D eigenvalue weighted by molar-refractivity contribution is 0.419. The van der Waals surface area contributed by atoms with Crippen molar-refractivity contribution in [3.05, 3.63) is 46.6 Å². The van der Waals surface area contributed by atoms with Crippen LogP contribution in [-0.4, -0.2) is 37.2 Å². The van der Waals surface area contributed by atoms with Crippen molar-refractivity contribution < 1.29 is 0 Å². The second-order valence-electron chi connectivity index (χ2n) is 5.69. The van der Waals surface area contributed by atoms with Gasteiger partial charge in [-0.25, -0.2) is 0 Å². The maximum Gasteiger partial charge on any atom is 0.121 e. The van der Waals surface area contributed by atoms with Gasteiger partial charge in [0.1, 0.15) is 6.17 Å². The fraction of sp³-hybridized carbons (Fsp3) is 0.474. The molecule has 1 heterocycles. The van der Waals surface area contributed by atoms with Crippen LogP contribution < -0.4 is 9.80 Å². The molecule has 6 heteroatoms. The minimum Gasteiger partial charge on any atom is -0.378 e. The average molecular weight is 496 g/mol. The predicted octanol–water partition coefficient (Wildman–Crippen LogP) is 6.02. The van der Waals surface area contributed by atoms with E-state index in [0.717, 1.165) is 37.6 Å². The molecule has 1 aliphatic heterocycles. The Hall–Kier alpha value is -0.590. The first-order valence-corrected chi connectivity index (χ1v) is 9.44. The number of hydrogen-bond donors (Lipinski definition) is 0. The zero-order valence-electron chi connectivity index (χ0n) is 15.4. The molecule has 0 bridgehead atoms. The van der Waals surface area contributed by atoms with Gasteiger partial charge in [-0.15, -0.1) is 24.0 Å². The van der Waals surface area contributed by atoms with E-state index in [9.17, 15) is 0 Å². The summed E-state index contributed by atoms with van der Waals surface area (Å²) in [5.41, 5.74) is 2.30. The van der Waals surface area contributed by atoms with Gasteiger partial charge in [0.05, 0.1) is 21.4 Å². The summed E-state index contributed by atoms with van der Waals surface area (Å²) in [5, 5.41) is 1.21. The lowest BCUT2D eigenvalue weighted by Crippen LogP contribution is -2.41. The van der Waals surface area contributed by atoms with Crippen LogP contribution in [0.3, 0.4) is 0 Å². The van der Waals surface area contributed by atoms with E-state index in [0.29, 0.717) is 10.0 Å². The number of anilines is 2. The Kier molecular flexibility index (Phi) is 9.46. The number of nitrogens with zero attached hydrogens (tertiary/aromatic N) is 3. The van der Waals surface area contributed by atoms with Gasteiger partial charge in [0.25, 0.3) is 0 Å². The molecule has 0 unspecified atom stereocenters. The van der Waals surface area contributed by atoms with E-state index >= 15 is 0 Å². The number of rotatable bonds is 7. The van der Waals surface area contributed by atoms with Crippen molar-refractivity contribution in [2.24, 2.45) is 0 Å². The van der Waals surface area contributed by atoms with Gasteiger partial charge < -0.3 is 14.7 Å². The molecule has 25 heavy (non-hydrogen) atoms. The van der Waals surface area contributed by atoms with Crippen molar-refractivity contribution in [2.45, 2.75) is 33.9 Å². The van der Waals surface area contributed by atoms with Gasteiger partial charge in [-0.05, 0) is 58.2 Å². The smallest absolute Gasteiger partial charge is 0.121 e. The largest absolute Gasteiger partial charge is 0.378 e. The fourth-order valence-corrected chi connectivity index (χ4v) is 3.45. The lowest BCUT2D eigenvalue weighted by Gasteiger charge is -2.29. The van der Waals surface area contributed by atoms with E-state index in [1.165, 1.54) is 0 Å². The highest BCUT2D eigenvalue weighted by atomic mass is 127. The van der Waals surface area contributed by atoms with E-state index in [1.54, 1.807) is 0 Å². The number of fused-ring (bicyclic) bond motifs is 1. The SMILES string of the molecule is CCN(C=CC=CC1N(CC)c2cc(Cl)c(Cl)cc2N1CC)CC.I. The number of allylic oxidation sites excluding steroid dienone is 2. The Morgan fingerprint density at radius 2 is 1.40 bits per heavy atom. The molecule has 0 spiro atoms. The van der Waals surface area contributed by atoms with Gasteiger partial charge >= 0.3 is 0 Å². The number of benzene rings is 1. The maximum atomic E-state index is 6.23. The second kappa shape index (κ2) is 10.5. The molecule has 0 atom stereocenters. The van der Waals surface area contributed by atoms with Crippen LogP contribution in [0.1, 0.15) is 27.7 Å². The van der Waals surface area contributed by atoms with Crippen molar-refractivity contribution in [1.82, 2.24) is 4.90 Å². The summed E-state index contributed by atoms with van der Waals surface area (Å²) in [4.78, 5) is 6.97. The second-order valence-corrected chi connectivity index (χ2v) is 6.50. The molecule has 0 N–H and O–H groups in total. The van der Waals surface area contributed by atoms with Gasteiger partial charge in [-0.1, -0.05) is 29.3 Å². The summed E-state index contributed by atoms with van der Waals surface area (Å²) >= 11 is 12.5. The monoisotopic (exact) mass is 495 g/mol. The summed E-state index contributed by atoms with van der Waals surface area (Å²) in [6, 6.07) is 3.95. The van der Waals surface area contributed by atoms with Crippen LogP contribution in [0, 0.1) is 0 Å². The van der Waals surface area contributed by atoms with Gasteiger partial charge in [0.2, 0.25) is 0 Å². The summed E-state index contributed by atoms with van der Waals surface area (Å²) in [5.74, 6) is 0. The Labute approximate surface area is 179 Å². The van der Waals surface area contributed by atoms with Crippen molar-refractivity contribution in [3.8, 4) is 0 Å². The molecule has 0 fully saturated rings. The number of halogens is 3. The third kappa shape index (κ3) is 4.98. The molecule has 3 nitrogen and oxygen atoms in total. The third-order valence-corrected chi connectivity index (χ3v) is 5.18. The highest BCUT2D eigenvalue weighted by Crippen LogP contribution is 2.44. The van der Waals surface area contributed by atoms with Gasteiger partial charge in [-0.2, -0.15) is 0 Å². The van der Waals surface area contributed by atoms with Crippen LogP contribution in [0.25, 0.3) is 0 Å². The van der Waals surface area contributed by atoms with Crippen molar-refractivity contribution in [3.63, 3.8) is 0 Å². The minimum absolute atomic E-state index is 0. The number of likely N-dealkylation sites (N-methyl/N-ethyl adjacent to an activating group) is 2. The Morgan fingerprint density at radius 1 is 0.920 bits per heavy atom. The van der Waals surface area contributed by atoms with E-state index in [-0.39, 0.29) is 30.1 Å². The van der Waals surface area contributed by atoms with Crippen molar-refractivity contribution >= 4 is 58.6 Å². The first kappa shape index (κ1) is 22.5. The molecule has 1 aliphatic rings. The van der Waals surface area contributed by atoms with Crippen LogP contribution in [0.5, 0.6) is 0 Å². The van der Waals surface area contributed by atoms with Crippen molar-refractivity contribution in [1.29, 1.82) is 0 Å². The molecule has 1 aromatic carbocycles. The number of hydrogen-bond acceptors (Lipinski definition) is 3. The molecule has 0 radical (unpaired) electrons. The van der Waals surface area contributed by atoms with Gasteiger partial charge in [-0.3, -0.25) is 0 Å². The maximum absolute atomic E-state index is 6.23. The summed E-state index contributed by atoms with van der Waals surface area (Å²) in [7, 11) is 0. The van der Waals surface area contributed by atoms with Crippen LogP contribution in [0.4, 0.5) is 11.4 Å². The van der Waals surface area contributed by atoms with E-state index in [2.05, 4.69) is 66.8 Å². The fourth-order valence-electron chi connectivity index (χ4n) is 3.13. The quantitative estimate of drug-likeness (QED) is 0.338. The van der Waals surface area contributed by atoms with Crippen LogP contribution >= 0.6 is 47.2 Å². The van der Waals surface area contributed by atoms with E-state index in [4.69, 9.17) is 23.2 Å². The Morgan fingerprint density at radius 3 is 1.80 bits per heavy atom. The zero-order valence-corrected chi connectivity index (χ0v) is 19.2. The van der Waals surface area contributed by atoms with Crippen LogP contribution in [0.15, 0.2) is 36.6 Å². The minimum atomic E-state index is 0. The zero-order chi connectivity index (χ0) is 17.7. The molecule has 1 aromatic rings. The molecule has 0 saturated carbocycles. The van der Waals surface area contributed by atoms with Crippen molar-refractivity contribution in [2.75, 3.05) is 36.0 Å². The predicted molar refractivity (Wildman–Crippen MR) is 123 cm³/mol. The molecule has 0 aromatic heterocycles. The topological polar surface area (TPSA) is 9.72 Å². The molecule has 0 aliphatic carbocycles. The first-order valence-electron chi connectivity index (χ1n) is 8.68. The highest BCUT2D eigenvalue weighted by Gasteiger charge is 2.33. The van der Waals surface area contributed by atoms with Crippen LogP contribution in [-0.2, 0) is 0 Å². The lowest BCUT2D eigenvalue weighted by atomic mass is 10.2. The summed E-state index contributed by atoms with van der Waals surface area (Å²) in [6.45, 7) is 12.5. The first-order chi connectivity index (χ1) is 11.6. The Balaban J connectivity index is 0.00000312. The highest BCUT2D eigenvalue weighted by molar-refractivity contribution is 14.0. The normalized spacial score (nSPS) is 14.5. The van der Waals surface area contributed by atoms with E-state index < -0.39 is 0 Å². The molecular formula is C19H28Cl2IN3. The molecule has 140 valence electrons. The third-order valence-electron chi connectivity index (χ3n) is 4.46. The standard InChI is InChI=1S/C19H27Cl2N3.HI/c1-5-22(6-2)12-10-9-11-19-23(7-3)17-13-15(20)16(21)14-18(17)24(19)8-4;/h9-14,19H,5-8H2,1-4H3;1H. The van der Waals surface area contributed by atoms with Gasteiger partial charge in [0.15, 0.2) is 0 Å². The molecule has 2 rings (SSSR count). The summed E-state index contributed by atoms with van der Waals surface area (Å²) < 4.78 is 0. The molecule has 0 amide bonds. The average Bonchev–Trinajstić information content (AvgIpc) is 2.87. The summed E-state index contributed by atoms with van der Waals surface area (Å²) in [6.07, 6.45) is 8.79. The van der Waals surface area contributed by atoms with Crippen LogP contribution in [0.2, 0.25) is 10.0 Å². The van der Waals surface area contributed by atoms with E-state index in [1.807, 2.05) is 12.1 Å².